The summed E-state index contributed by atoms with van der Waals surface area (Å²) in [6.45, 7) is 1.75. The highest BCUT2D eigenvalue weighted by Crippen LogP contribution is 2.33. The summed E-state index contributed by atoms with van der Waals surface area (Å²) < 4.78 is 26.8. The van der Waals surface area contributed by atoms with Crippen LogP contribution in [0, 0.1) is 12.3 Å². The number of terminal acetylenes is 1. The van der Waals surface area contributed by atoms with E-state index in [1.54, 1.807) is 25.1 Å². The summed E-state index contributed by atoms with van der Waals surface area (Å²) in [5, 5.41) is 3.35. The second kappa shape index (κ2) is 8.57. The van der Waals surface area contributed by atoms with Crippen LogP contribution in [0.4, 0.5) is 17.2 Å². The predicted molar refractivity (Wildman–Crippen MR) is 119 cm³/mol. The molecule has 30 heavy (non-hydrogen) atoms. The summed E-state index contributed by atoms with van der Waals surface area (Å²) in [6.07, 6.45) is 7.30. The van der Waals surface area contributed by atoms with Gasteiger partial charge in [-0.1, -0.05) is 30.5 Å². The number of sulfonamides is 1. The van der Waals surface area contributed by atoms with Crippen LogP contribution in [0.2, 0.25) is 5.02 Å². The highest BCUT2D eigenvalue weighted by atomic mass is 35.5. The van der Waals surface area contributed by atoms with E-state index in [1.807, 2.05) is 0 Å². The van der Waals surface area contributed by atoms with Crippen LogP contribution in [0.15, 0.2) is 36.7 Å². The van der Waals surface area contributed by atoms with Crippen LogP contribution < -0.4 is 15.8 Å². The molecule has 4 N–H and O–H groups in total. The van der Waals surface area contributed by atoms with Crippen molar-refractivity contribution < 1.29 is 13.2 Å². The first kappa shape index (κ1) is 21.4. The van der Waals surface area contributed by atoms with Crippen LogP contribution in [-0.4, -0.2) is 30.0 Å². The molecule has 0 saturated heterocycles. The largest absolute Gasteiger partial charge is 0.383 e. The van der Waals surface area contributed by atoms with Gasteiger partial charge in [0.1, 0.15) is 12.1 Å². The summed E-state index contributed by atoms with van der Waals surface area (Å²) in [4.78, 5) is 21.0. The summed E-state index contributed by atoms with van der Waals surface area (Å²) in [5.74, 6) is 2.03. The van der Waals surface area contributed by atoms with Crippen LogP contribution >= 0.6 is 11.6 Å². The molecular formula is C20H18ClN5O3S. The third kappa shape index (κ3) is 4.30. The molecule has 0 bridgehead atoms. The molecule has 0 saturated carbocycles. The number of carbonyl (C=O) groups excluding carboxylic acids is 1. The minimum absolute atomic E-state index is 0.0710. The molecule has 1 amide bonds. The molecule has 0 aliphatic carbocycles. The first-order valence-electron chi connectivity index (χ1n) is 8.87. The molecule has 8 nitrogen and oxygen atoms in total. The topological polar surface area (TPSA) is 127 Å². The maximum atomic E-state index is 13.0. The van der Waals surface area contributed by atoms with Gasteiger partial charge >= 0.3 is 0 Å². The van der Waals surface area contributed by atoms with E-state index < -0.39 is 15.9 Å². The average molecular weight is 444 g/mol. The Labute approximate surface area is 178 Å². The minimum Gasteiger partial charge on any atom is -0.383 e. The second-order valence-electron chi connectivity index (χ2n) is 6.32. The Morgan fingerprint density at radius 3 is 2.73 bits per heavy atom. The van der Waals surface area contributed by atoms with Crippen molar-refractivity contribution in [2.24, 2.45) is 0 Å². The molecule has 0 aliphatic rings. The van der Waals surface area contributed by atoms with E-state index in [9.17, 15) is 13.2 Å². The number of nitrogen functional groups attached to an aromatic ring is 1. The lowest BCUT2D eigenvalue weighted by Gasteiger charge is -2.15. The van der Waals surface area contributed by atoms with Crippen LogP contribution in [-0.2, 0) is 10.0 Å². The van der Waals surface area contributed by atoms with Gasteiger partial charge in [0, 0.05) is 5.39 Å². The third-order valence-corrected chi connectivity index (χ3v) is 6.01. The standard InChI is InChI=1S/C20H18ClN5O3S/c1-3-10-30(28,29)26-16-9-8-15(21)18(12(16)4-2)25-20(27)14-7-5-6-13-17(14)23-11-24-19(13)22/h2,5-9,11,26H,3,10H2,1H3,(H,25,27)(H2,22,23,24). The van der Waals surface area contributed by atoms with Crippen molar-refractivity contribution in [3.63, 3.8) is 0 Å². The molecule has 154 valence electrons. The number of halogens is 1. The molecule has 0 radical (unpaired) electrons. The van der Waals surface area contributed by atoms with Gasteiger partial charge in [-0.2, -0.15) is 0 Å². The summed E-state index contributed by atoms with van der Waals surface area (Å²) in [5.41, 5.74) is 6.83. The van der Waals surface area contributed by atoms with Crippen LogP contribution in [0.25, 0.3) is 10.9 Å². The second-order valence-corrected chi connectivity index (χ2v) is 8.57. The van der Waals surface area contributed by atoms with Crippen molar-refractivity contribution in [2.45, 2.75) is 13.3 Å². The number of amides is 1. The Morgan fingerprint density at radius 1 is 1.27 bits per heavy atom. The van der Waals surface area contributed by atoms with Gasteiger partial charge in [-0.25, -0.2) is 18.4 Å². The van der Waals surface area contributed by atoms with Gasteiger partial charge < -0.3 is 11.1 Å². The van der Waals surface area contributed by atoms with Gasteiger partial charge in [0.05, 0.1) is 38.8 Å². The smallest absolute Gasteiger partial charge is 0.257 e. The summed E-state index contributed by atoms with van der Waals surface area (Å²) >= 11 is 6.25. The van der Waals surface area contributed by atoms with Crippen LogP contribution in [0.3, 0.4) is 0 Å². The Hall–Kier alpha value is -3.35. The van der Waals surface area contributed by atoms with Crippen LogP contribution in [0.5, 0.6) is 0 Å². The highest BCUT2D eigenvalue weighted by Gasteiger charge is 2.19. The highest BCUT2D eigenvalue weighted by molar-refractivity contribution is 7.92. The van der Waals surface area contributed by atoms with E-state index in [-0.39, 0.29) is 39.1 Å². The number of benzene rings is 2. The Bertz CT molecular complexity index is 1290. The van der Waals surface area contributed by atoms with E-state index in [0.717, 1.165) is 0 Å². The van der Waals surface area contributed by atoms with Crippen molar-refractivity contribution in [2.75, 3.05) is 21.5 Å². The number of nitrogens with zero attached hydrogens (tertiary/aromatic N) is 2. The van der Waals surface area contributed by atoms with E-state index in [1.165, 1.54) is 18.5 Å². The molecule has 2 aromatic carbocycles. The minimum atomic E-state index is -3.59. The van der Waals surface area contributed by atoms with E-state index >= 15 is 0 Å². The van der Waals surface area contributed by atoms with Crippen molar-refractivity contribution in [3.05, 3.63) is 52.8 Å². The fourth-order valence-corrected chi connectivity index (χ4v) is 4.24. The van der Waals surface area contributed by atoms with Crippen LogP contribution in [0.1, 0.15) is 29.3 Å². The molecule has 0 spiro atoms. The zero-order valence-corrected chi connectivity index (χ0v) is 17.5. The van der Waals surface area contributed by atoms with Crippen molar-refractivity contribution in [1.82, 2.24) is 9.97 Å². The maximum Gasteiger partial charge on any atom is 0.257 e. The fourth-order valence-electron chi connectivity index (χ4n) is 2.89. The molecule has 3 aromatic rings. The lowest BCUT2D eigenvalue weighted by atomic mass is 10.1. The molecular weight excluding hydrogens is 426 g/mol. The van der Waals surface area contributed by atoms with Gasteiger partial charge in [-0.05, 0) is 30.7 Å². The lowest BCUT2D eigenvalue weighted by molar-refractivity contribution is 0.102. The van der Waals surface area contributed by atoms with Gasteiger partial charge in [0.15, 0.2) is 0 Å². The monoisotopic (exact) mass is 443 g/mol. The van der Waals surface area contributed by atoms with Gasteiger partial charge in [0.2, 0.25) is 10.0 Å². The number of para-hydroxylation sites is 1. The molecule has 1 heterocycles. The Kier molecular flexibility index (Phi) is 6.10. The molecule has 3 rings (SSSR count). The molecule has 0 unspecified atom stereocenters. The third-order valence-electron chi connectivity index (χ3n) is 4.22. The average Bonchev–Trinajstić information content (AvgIpc) is 2.70. The normalized spacial score (nSPS) is 11.1. The molecule has 0 atom stereocenters. The van der Waals surface area contributed by atoms with E-state index in [2.05, 4.69) is 25.9 Å². The Morgan fingerprint density at radius 2 is 2.03 bits per heavy atom. The van der Waals surface area contributed by atoms with E-state index in [0.29, 0.717) is 17.3 Å². The quantitative estimate of drug-likeness (QED) is 0.502. The Balaban J connectivity index is 2.03. The van der Waals surface area contributed by atoms with Crippen molar-refractivity contribution in [1.29, 1.82) is 0 Å². The van der Waals surface area contributed by atoms with Crippen molar-refractivity contribution in [3.8, 4) is 12.3 Å². The molecule has 1 aromatic heterocycles. The zero-order chi connectivity index (χ0) is 21.9. The zero-order valence-electron chi connectivity index (χ0n) is 15.9. The number of anilines is 3. The number of fused-ring (bicyclic) bond motifs is 1. The lowest BCUT2D eigenvalue weighted by Crippen LogP contribution is -2.18. The maximum absolute atomic E-state index is 13.0. The van der Waals surface area contributed by atoms with Gasteiger partial charge in [0.25, 0.3) is 5.91 Å². The summed E-state index contributed by atoms with van der Waals surface area (Å²) in [6, 6.07) is 7.82. The first-order valence-corrected chi connectivity index (χ1v) is 10.9. The number of nitrogens with two attached hydrogens (primary N) is 1. The van der Waals surface area contributed by atoms with E-state index in [4.69, 9.17) is 23.8 Å². The summed E-state index contributed by atoms with van der Waals surface area (Å²) in [7, 11) is -3.59. The SMILES string of the molecule is C#Cc1c(NS(=O)(=O)CCC)ccc(Cl)c1NC(=O)c1cccc2c(N)ncnc12. The number of hydrogen-bond acceptors (Lipinski definition) is 6. The first-order chi connectivity index (χ1) is 14.3. The fraction of sp³-hybridized carbons (Fsp3) is 0.150. The molecule has 10 heteroatoms. The molecule has 0 fully saturated rings. The number of aromatic nitrogens is 2. The number of nitrogens with one attached hydrogen (secondary N) is 2. The van der Waals surface area contributed by atoms with Crippen molar-refractivity contribution >= 4 is 55.6 Å². The number of hydrogen-bond donors (Lipinski definition) is 3. The number of rotatable bonds is 6. The number of carbonyl (C=O) groups is 1. The predicted octanol–water partition coefficient (Wildman–Crippen LogP) is 3.25. The molecule has 0 aliphatic heterocycles. The van der Waals surface area contributed by atoms with Gasteiger partial charge in [-0.3, -0.25) is 9.52 Å². The van der Waals surface area contributed by atoms with Gasteiger partial charge in [-0.15, -0.1) is 6.42 Å².